The number of rotatable bonds is 32. The molecule has 0 unspecified atom stereocenters. The molecule has 29 heteroatoms. The number of nitrogens with zero attached hydrogens (tertiary/aromatic N) is 1. The van der Waals surface area contributed by atoms with Gasteiger partial charge in [-0.1, -0.05) is 0 Å². The molecule has 8 atom stereocenters. The van der Waals surface area contributed by atoms with Gasteiger partial charge < -0.3 is 79.1 Å². The number of hydrogen-bond acceptors (Lipinski definition) is 16. The summed E-state index contributed by atoms with van der Waals surface area (Å²) in [6.45, 7) is 0.664. The fourth-order valence-corrected chi connectivity index (χ4v) is 6.62. The van der Waals surface area contributed by atoms with Crippen molar-refractivity contribution in [2.75, 3.05) is 25.4 Å². The topological polar surface area (TPSA) is 463 Å². The van der Waals surface area contributed by atoms with Crippen LogP contribution in [0.1, 0.15) is 84.0 Å². The standard InChI is InChI=1S/C38H60N10O18S/c1-18(42-35(62)24(17-67)47-34(61)23(15-30(56)57)43-26(49)16-41-31(58)19(40)7-10-27(50)51)37(64)48-14-4-6-25(48)36(63)45-21(9-12-29(54)55)32(59)44-20(8-11-28(52)53)33(60)46-22(38(65)66)5-2-3-13-39/h18-25,67H,2-17,39-40H2,1H3,(H,41,58)(H,42,62)(H,43,49)(H,44,59)(H,45,63)(H,46,60)(H,47,61)(H,50,51)(H,52,53)(H,54,55)(H,56,57)(H,65,66)/t18-,19-,20-,21-,22-,23-,24-,25-/m0/s1. The highest BCUT2D eigenvalue weighted by atomic mass is 32.1. The van der Waals surface area contributed by atoms with E-state index in [4.69, 9.17) is 16.6 Å². The molecule has 1 aliphatic heterocycles. The molecular formula is C38H60N10O18S. The van der Waals surface area contributed by atoms with E-state index >= 15 is 0 Å². The van der Waals surface area contributed by atoms with Gasteiger partial charge >= 0.3 is 29.8 Å². The van der Waals surface area contributed by atoms with Crippen LogP contribution in [-0.4, -0.2) is 181 Å². The van der Waals surface area contributed by atoms with E-state index in [1.807, 2.05) is 0 Å². The van der Waals surface area contributed by atoms with E-state index in [-0.39, 0.29) is 38.8 Å². The quantitative estimate of drug-likeness (QED) is 0.0221. The van der Waals surface area contributed by atoms with Crippen LogP contribution in [0.25, 0.3) is 0 Å². The molecule has 1 aliphatic rings. The SMILES string of the molecule is C[C@H](NC(=O)[C@H](CS)NC(=O)[C@H](CC(=O)O)NC(=O)CNC(=O)[C@@H](N)CCC(=O)O)C(=O)N1CCC[C@H]1C(=O)N[C@@H](CCC(=O)O)C(=O)N[C@@H](CCC(=O)O)C(=O)N[C@@H](CCCCN)C(=O)O. The molecule has 0 aromatic rings. The number of unbranched alkanes of at least 4 members (excludes halogenated alkanes) is 1. The van der Waals surface area contributed by atoms with Crippen molar-refractivity contribution in [1.29, 1.82) is 0 Å². The molecule has 8 amide bonds. The summed E-state index contributed by atoms with van der Waals surface area (Å²) in [5.74, 6) is -15.4. The summed E-state index contributed by atoms with van der Waals surface area (Å²) in [6.07, 6.45) is -3.10. The predicted octanol–water partition coefficient (Wildman–Crippen LogP) is -5.44. The number of aliphatic carboxylic acids is 5. The molecule has 0 aromatic heterocycles. The lowest BCUT2D eigenvalue weighted by molar-refractivity contribution is -0.143. The smallest absolute Gasteiger partial charge is 0.326 e. The molecule has 376 valence electrons. The molecule has 16 N–H and O–H groups in total. The Labute approximate surface area is 388 Å². The second kappa shape index (κ2) is 29.8. The van der Waals surface area contributed by atoms with Crippen LogP contribution in [0.2, 0.25) is 0 Å². The van der Waals surface area contributed by atoms with Gasteiger partial charge in [0.2, 0.25) is 47.3 Å². The summed E-state index contributed by atoms with van der Waals surface area (Å²) in [4.78, 5) is 163. The molecule has 0 spiro atoms. The number of carboxylic acids is 5. The van der Waals surface area contributed by atoms with Crippen LogP contribution in [0, 0.1) is 0 Å². The van der Waals surface area contributed by atoms with Gasteiger partial charge in [-0.25, -0.2) is 4.79 Å². The van der Waals surface area contributed by atoms with E-state index in [0.29, 0.717) is 12.8 Å². The third-order valence-electron chi connectivity index (χ3n) is 9.96. The van der Waals surface area contributed by atoms with Gasteiger partial charge in [0.1, 0.15) is 42.3 Å². The van der Waals surface area contributed by atoms with Gasteiger partial charge in [0.25, 0.3) is 0 Å². The van der Waals surface area contributed by atoms with Gasteiger partial charge in [0.05, 0.1) is 19.0 Å². The molecular weight excluding hydrogens is 917 g/mol. The van der Waals surface area contributed by atoms with Crippen LogP contribution < -0.4 is 48.7 Å². The van der Waals surface area contributed by atoms with Crippen molar-refractivity contribution in [3.05, 3.63) is 0 Å². The van der Waals surface area contributed by atoms with Gasteiger partial charge in [-0.15, -0.1) is 0 Å². The number of hydrogen-bond donors (Lipinski definition) is 15. The van der Waals surface area contributed by atoms with E-state index in [1.54, 1.807) is 0 Å². The summed E-state index contributed by atoms with van der Waals surface area (Å²) < 4.78 is 0. The molecule has 0 radical (unpaired) electrons. The summed E-state index contributed by atoms with van der Waals surface area (Å²) in [7, 11) is 0. The van der Waals surface area contributed by atoms with Gasteiger partial charge in [-0.3, -0.25) is 57.5 Å². The lowest BCUT2D eigenvalue weighted by Crippen LogP contribution is -2.59. The third kappa shape index (κ3) is 21.9. The minimum absolute atomic E-state index is 0.0309. The van der Waals surface area contributed by atoms with Crippen molar-refractivity contribution < 1.29 is 87.9 Å². The third-order valence-corrected chi connectivity index (χ3v) is 10.3. The Morgan fingerprint density at radius 3 is 1.64 bits per heavy atom. The first-order valence-electron chi connectivity index (χ1n) is 21.0. The first-order valence-corrected chi connectivity index (χ1v) is 21.6. The normalized spacial score (nSPS) is 16.2. The van der Waals surface area contributed by atoms with Gasteiger partial charge in [-0.05, 0) is 64.8 Å². The first-order chi connectivity index (χ1) is 31.4. The maximum absolute atomic E-state index is 13.7. The Balaban J connectivity index is 3.10. The van der Waals surface area contributed by atoms with Crippen molar-refractivity contribution in [3.63, 3.8) is 0 Å². The number of likely N-dealkylation sites (tertiary alicyclic amines) is 1. The predicted molar refractivity (Wildman–Crippen MR) is 230 cm³/mol. The Morgan fingerprint density at radius 1 is 0.612 bits per heavy atom. The Morgan fingerprint density at radius 2 is 1.12 bits per heavy atom. The van der Waals surface area contributed by atoms with E-state index < -0.39 is 176 Å². The Hall–Kier alpha value is -6.62. The van der Waals surface area contributed by atoms with Gasteiger partial charge in [0.15, 0.2) is 0 Å². The molecule has 1 heterocycles. The summed E-state index contributed by atoms with van der Waals surface area (Å²) in [5.41, 5.74) is 11.0. The van der Waals surface area contributed by atoms with Gasteiger partial charge in [0, 0.05) is 31.6 Å². The lowest BCUT2D eigenvalue weighted by Gasteiger charge is -2.29. The molecule has 0 bridgehead atoms. The minimum atomic E-state index is -1.80. The maximum atomic E-state index is 13.7. The summed E-state index contributed by atoms with van der Waals surface area (Å²) in [5, 5.41) is 62.0. The fourth-order valence-electron chi connectivity index (χ4n) is 6.37. The zero-order valence-corrected chi connectivity index (χ0v) is 37.4. The van der Waals surface area contributed by atoms with Crippen LogP contribution in [0.15, 0.2) is 0 Å². The number of nitrogens with two attached hydrogens (primary N) is 2. The van der Waals surface area contributed by atoms with E-state index in [9.17, 15) is 82.8 Å². The maximum Gasteiger partial charge on any atom is 0.326 e. The number of nitrogens with one attached hydrogen (secondary N) is 7. The highest BCUT2D eigenvalue weighted by Gasteiger charge is 2.39. The Bertz CT molecular complexity index is 1840. The molecule has 67 heavy (non-hydrogen) atoms. The molecule has 1 fully saturated rings. The molecule has 0 aromatic carbocycles. The van der Waals surface area contributed by atoms with E-state index in [2.05, 4.69) is 49.8 Å². The zero-order chi connectivity index (χ0) is 51.0. The van der Waals surface area contributed by atoms with Crippen molar-refractivity contribution in [2.24, 2.45) is 11.5 Å². The average molecular weight is 977 g/mol. The summed E-state index contributed by atoms with van der Waals surface area (Å²) >= 11 is 4.04. The van der Waals surface area contributed by atoms with Crippen molar-refractivity contribution >= 4 is 89.7 Å². The largest absolute Gasteiger partial charge is 0.481 e. The minimum Gasteiger partial charge on any atom is -0.481 e. The van der Waals surface area contributed by atoms with Crippen LogP contribution in [-0.2, 0) is 62.3 Å². The molecule has 0 saturated carbocycles. The van der Waals surface area contributed by atoms with Crippen LogP contribution in [0.3, 0.4) is 0 Å². The Kier molecular flexibility index (Phi) is 26.0. The number of carboxylic acid groups (broad SMARTS) is 5. The van der Waals surface area contributed by atoms with Crippen LogP contribution >= 0.6 is 12.6 Å². The lowest BCUT2D eigenvalue weighted by atomic mass is 10.0. The first kappa shape index (κ1) is 58.4. The highest BCUT2D eigenvalue weighted by molar-refractivity contribution is 7.80. The fraction of sp³-hybridized carbons (Fsp3) is 0.658. The van der Waals surface area contributed by atoms with Crippen LogP contribution in [0.5, 0.6) is 0 Å². The second-order valence-corrected chi connectivity index (χ2v) is 15.7. The average Bonchev–Trinajstić information content (AvgIpc) is 3.75. The van der Waals surface area contributed by atoms with Crippen molar-refractivity contribution in [1.82, 2.24) is 42.1 Å². The molecule has 1 saturated heterocycles. The highest BCUT2D eigenvalue weighted by Crippen LogP contribution is 2.19. The van der Waals surface area contributed by atoms with Crippen LogP contribution in [0.4, 0.5) is 0 Å². The van der Waals surface area contributed by atoms with E-state index in [1.165, 1.54) is 6.92 Å². The molecule has 0 aliphatic carbocycles. The van der Waals surface area contributed by atoms with Crippen molar-refractivity contribution in [2.45, 2.75) is 132 Å². The monoisotopic (exact) mass is 976 g/mol. The number of carbonyl (C=O) groups excluding carboxylic acids is 8. The number of amides is 8. The molecule has 1 rings (SSSR count). The number of thiol groups is 1. The van der Waals surface area contributed by atoms with E-state index in [0.717, 1.165) is 4.90 Å². The van der Waals surface area contributed by atoms with Gasteiger partial charge in [-0.2, -0.15) is 12.6 Å². The number of carbonyl (C=O) groups is 13. The van der Waals surface area contributed by atoms with Crippen molar-refractivity contribution in [3.8, 4) is 0 Å². The zero-order valence-electron chi connectivity index (χ0n) is 36.5. The molecule has 28 nitrogen and oxygen atoms in total. The summed E-state index contributed by atoms with van der Waals surface area (Å²) in [6, 6.07) is -12.0. The second-order valence-electron chi connectivity index (χ2n) is 15.3.